The van der Waals surface area contributed by atoms with Gasteiger partial charge in [0.05, 0.1) is 12.1 Å². The minimum absolute atomic E-state index is 0.0274. The van der Waals surface area contributed by atoms with Gasteiger partial charge in [-0.3, -0.25) is 9.59 Å². The number of carbonyl (C=O) groups is 2. The van der Waals surface area contributed by atoms with Gasteiger partial charge >= 0.3 is 0 Å². The number of benzene rings is 2. The van der Waals surface area contributed by atoms with E-state index in [1.165, 1.54) is 12.1 Å². The van der Waals surface area contributed by atoms with E-state index in [4.69, 9.17) is 0 Å². The van der Waals surface area contributed by atoms with Gasteiger partial charge in [0.1, 0.15) is 17.7 Å². The van der Waals surface area contributed by atoms with Crippen LogP contribution < -0.4 is 10.6 Å². The van der Waals surface area contributed by atoms with Crippen LogP contribution in [0.3, 0.4) is 0 Å². The number of anilines is 2. The van der Waals surface area contributed by atoms with Crippen LogP contribution in [0.25, 0.3) is 11.1 Å². The first-order valence-electron chi connectivity index (χ1n) is 9.51. The lowest BCUT2D eigenvalue weighted by Gasteiger charge is -2.10. The van der Waals surface area contributed by atoms with E-state index >= 15 is 0 Å². The molecule has 7 heteroatoms. The summed E-state index contributed by atoms with van der Waals surface area (Å²) < 4.78 is 14.9. The molecule has 148 valence electrons. The lowest BCUT2D eigenvalue weighted by Crippen LogP contribution is -2.23. The Hall–Kier alpha value is -3.48. The Balaban J connectivity index is 1.60. The highest BCUT2D eigenvalue weighted by molar-refractivity contribution is 6.04. The number of rotatable bonds is 5. The number of amides is 2. The number of fused-ring (bicyclic) bond motifs is 1. The molecule has 6 nitrogen and oxygen atoms in total. The highest BCUT2D eigenvalue weighted by atomic mass is 19.1. The van der Waals surface area contributed by atoms with Crippen molar-refractivity contribution in [3.63, 3.8) is 0 Å². The normalized spacial score (nSPS) is 15.1. The zero-order chi connectivity index (χ0) is 20.5. The van der Waals surface area contributed by atoms with E-state index in [9.17, 15) is 14.0 Å². The second kappa shape index (κ2) is 7.50. The predicted octanol–water partition coefficient (Wildman–Crippen LogP) is 4.08. The molecule has 1 unspecified atom stereocenters. The van der Waals surface area contributed by atoms with Gasteiger partial charge < -0.3 is 10.6 Å². The number of aromatic nitrogens is 2. The standard InChI is InChI=1S/C22H21FN4O2/c1-3-17-20(14-6-8-15(23)9-7-14)21-25-22(29)18(27(21)26-17)12-19(28)24-16-10-4-13(2)5-11-16/h4-11,18H,3,12H2,1-2H3,(H,24,28)(H,25,29). The van der Waals surface area contributed by atoms with Crippen molar-refractivity contribution in [2.45, 2.75) is 32.7 Å². The third-order valence-electron chi connectivity index (χ3n) is 5.00. The topological polar surface area (TPSA) is 76.0 Å². The van der Waals surface area contributed by atoms with Gasteiger partial charge in [-0.15, -0.1) is 0 Å². The van der Waals surface area contributed by atoms with Crippen molar-refractivity contribution in [1.82, 2.24) is 9.78 Å². The van der Waals surface area contributed by atoms with Gasteiger partial charge in [0, 0.05) is 11.3 Å². The molecular weight excluding hydrogens is 371 g/mol. The summed E-state index contributed by atoms with van der Waals surface area (Å²) >= 11 is 0. The number of nitrogens with one attached hydrogen (secondary N) is 2. The third-order valence-corrected chi connectivity index (χ3v) is 5.00. The summed E-state index contributed by atoms with van der Waals surface area (Å²) in [6, 6.07) is 12.8. The first-order valence-corrected chi connectivity index (χ1v) is 9.51. The molecule has 2 aromatic carbocycles. The highest BCUT2D eigenvalue weighted by Gasteiger charge is 2.36. The van der Waals surface area contributed by atoms with E-state index in [1.54, 1.807) is 16.8 Å². The lowest BCUT2D eigenvalue weighted by atomic mass is 10.0. The summed E-state index contributed by atoms with van der Waals surface area (Å²) in [6.07, 6.45) is 0.616. The van der Waals surface area contributed by atoms with E-state index in [0.29, 0.717) is 17.9 Å². The maximum atomic E-state index is 13.3. The van der Waals surface area contributed by atoms with Crippen LogP contribution in [0.1, 0.15) is 30.6 Å². The monoisotopic (exact) mass is 392 g/mol. The average molecular weight is 392 g/mol. The van der Waals surface area contributed by atoms with Gasteiger partial charge in [0.25, 0.3) is 5.91 Å². The molecule has 0 saturated heterocycles. The SMILES string of the molecule is CCc1nn2c(c1-c1ccc(F)cc1)NC(=O)C2CC(=O)Nc1ccc(C)cc1. The van der Waals surface area contributed by atoms with Crippen LogP contribution in [-0.2, 0) is 16.0 Å². The number of carbonyl (C=O) groups excluding carboxylic acids is 2. The van der Waals surface area contributed by atoms with Crippen LogP contribution in [0.15, 0.2) is 48.5 Å². The van der Waals surface area contributed by atoms with Crippen molar-refractivity contribution >= 4 is 23.3 Å². The highest BCUT2D eigenvalue weighted by Crippen LogP contribution is 2.38. The Labute approximate surface area is 167 Å². The second-order valence-corrected chi connectivity index (χ2v) is 7.10. The van der Waals surface area contributed by atoms with Crippen LogP contribution in [0.4, 0.5) is 15.9 Å². The number of hydrogen-bond donors (Lipinski definition) is 2. The van der Waals surface area contributed by atoms with Crippen LogP contribution in [0.5, 0.6) is 0 Å². The van der Waals surface area contributed by atoms with Crippen LogP contribution in [-0.4, -0.2) is 21.6 Å². The summed E-state index contributed by atoms with van der Waals surface area (Å²) in [6.45, 7) is 3.93. The van der Waals surface area contributed by atoms with Crippen molar-refractivity contribution in [1.29, 1.82) is 0 Å². The van der Waals surface area contributed by atoms with Crippen LogP contribution in [0, 0.1) is 12.7 Å². The van der Waals surface area contributed by atoms with Gasteiger partial charge in [-0.2, -0.15) is 5.10 Å². The van der Waals surface area contributed by atoms with E-state index < -0.39 is 6.04 Å². The quantitative estimate of drug-likeness (QED) is 0.687. The second-order valence-electron chi connectivity index (χ2n) is 7.10. The Morgan fingerprint density at radius 3 is 2.52 bits per heavy atom. The van der Waals surface area contributed by atoms with Crippen molar-refractivity contribution in [3.8, 4) is 11.1 Å². The molecule has 0 bridgehead atoms. The Bertz CT molecular complexity index is 1070. The van der Waals surface area contributed by atoms with Crippen molar-refractivity contribution in [2.24, 2.45) is 0 Å². The minimum Gasteiger partial charge on any atom is -0.326 e. The zero-order valence-electron chi connectivity index (χ0n) is 16.2. The summed E-state index contributed by atoms with van der Waals surface area (Å²) in [7, 11) is 0. The minimum atomic E-state index is -0.727. The molecule has 0 aliphatic carbocycles. The Morgan fingerprint density at radius 2 is 1.86 bits per heavy atom. The molecule has 0 saturated carbocycles. The fraction of sp³-hybridized carbons (Fsp3) is 0.227. The summed E-state index contributed by atoms with van der Waals surface area (Å²) in [4.78, 5) is 25.1. The van der Waals surface area contributed by atoms with Gasteiger partial charge in [-0.05, 0) is 43.2 Å². The van der Waals surface area contributed by atoms with Crippen molar-refractivity contribution in [2.75, 3.05) is 10.6 Å². The van der Waals surface area contributed by atoms with Gasteiger partial charge in [0.15, 0.2) is 0 Å². The number of halogens is 1. The number of hydrogen-bond acceptors (Lipinski definition) is 3. The molecule has 1 aliphatic rings. The first kappa shape index (κ1) is 18.9. The molecule has 0 spiro atoms. The maximum absolute atomic E-state index is 13.3. The van der Waals surface area contributed by atoms with Gasteiger partial charge in [-0.1, -0.05) is 36.8 Å². The Morgan fingerprint density at radius 1 is 1.17 bits per heavy atom. The summed E-state index contributed by atoms with van der Waals surface area (Å²) in [5.41, 5.74) is 4.10. The van der Waals surface area contributed by atoms with E-state index in [2.05, 4.69) is 15.7 Å². The Kier molecular flexibility index (Phi) is 4.88. The lowest BCUT2D eigenvalue weighted by molar-refractivity contribution is -0.123. The first-order chi connectivity index (χ1) is 14.0. The molecule has 0 fully saturated rings. The molecule has 2 N–H and O–H groups in total. The summed E-state index contributed by atoms with van der Waals surface area (Å²) in [5.74, 6) is -0.326. The van der Waals surface area contributed by atoms with E-state index in [0.717, 1.165) is 22.4 Å². The maximum Gasteiger partial charge on any atom is 0.251 e. The molecule has 29 heavy (non-hydrogen) atoms. The largest absolute Gasteiger partial charge is 0.326 e. The fourth-order valence-corrected chi connectivity index (χ4v) is 3.51. The molecule has 2 heterocycles. The van der Waals surface area contributed by atoms with Crippen LogP contribution >= 0.6 is 0 Å². The number of aryl methyl sites for hydroxylation is 2. The molecule has 3 aromatic rings. The van der Waals surface area contributed by atoms with E-state index in [1.807, 2.05) is 38.1 Å². The fourth-order valence-electron chi connectivity index (χ4n) is 3.51. The predicted molar refractivity (Wildman–Crippen MR) is 109 cm³/mol. The smallest absolute Gasteiger partial charge is 0.251 e. The molecule has 2 amide bonds. The van der Waals surface area contributed by atoms with Crippen LogP contribution in [0.2, 0.25) is 0 Å². The van der Waals surface area contributed by atoms with Crippen molar-refractivity contribution < 1.29 is 14.0 Å². The van der Waals surface area contributed by atoms with E-state index in [-0.39, 0.29) is 24.1 Å². The summed E-state index contributed by atoms with van der Waals surface area (Å²) in [5, 5.41) is 10.2. The molecule has 1 aromatic heterocycles. The van der Waals surface area contributed by atoms with Gasteiger partial charge in [-0.25, -0.2) is 9.07 Å². The molecular formula is C22H21FN4O2. The van der Waals surface area contributed by atoms with Crippen molar-refractivity contribution in [3.05, 3.63) is 65.6 Å². The third kappa shape index (κ3) is 3.63. The van der Waals surface area contributed by atoms with Gasteiger partial charge in [0.2, 0.25) is 5.91 Å². The molecule has 4 rings (SSSR count). The molecule has 0 radical (unpaired) electrons. The average Bonchev–Trinajstić information content (AvgIpc) is 3.20. The zero-order valence-corrected chi connectivity index (χ0v) is 16.2. The molecule has 1 atom stereocenters. The molecule has 1 aliphatic heterocycles. The number of nitrogens with zero attached hydrogens (tertiary/aromatic N) is 2.